The van der Waals surface area contributed by atoms with Crippen molar-refractivity contribution in [3.8, 4) is 5.75 Å². The van der Waals surface area contributed by atoms with Crippen LogP contribution in [0.2, 0.25) is 0 Å². The summed E-state index contributed by atoms with van der Waals surface area (Å²) in [4.78, 5) is 25.6. The molecule has 2 rings (SSSR count). The largest absolute Gasteiger partial charge is 0.482 e. The SMILES string of the molecule is CCCNC(=O)c1ccc(OCC(=O)N2CCCC2)c(N)c1. The van der Waals surface area contributed by atoms with Crippen LogP contribution in [0.15, 0.2) is 18.2 Å². The van der Waals surface area contributed by atoms with Crippen LogP contribution in [-0.4, -0.2) is 43.0 Å². The summed E-state index contributed by atoms with van der Waals surface area (Å²) in [6.07, 6.45) is 2.98. The summed E-state index contributed by atoms with van der Waals surface area (Å²) in [6, 6.07) is 4.85. The smallest absolute Gasteiger partial charge is 0.260 e. The number of benzene rings is 1. The predicted octanol–water partition coefficient (Wildman–Crippen LogP) is 1.41. The minimum Gasteiger partial charge on any atom is -0.482 e. The van der Waals surface area contributed by atoms with Gasteiger partial charge in [-0.1, -0.05) is 6.92 Å². The maximum atomic E-state index is 11.9. The zero-order chi connectivity index (χ0) is 15.9. The molecule has 0 spiro atoms. The van der Waals surface area contributed by atoms with Gasteiger partial charge in [-0.05, 0) is 37.5 Å². The molecule has 2 amide bonds. The topological polar surface area (TPSA) is 84.7 Å². The van der Waals surface area contributed by atoms with Gasteiger partial charge in [0.25, 0.3) is 11.8 Å². The summed E-state index contributed by atoms with van der Waals surface area (Å²) < 4.78 is 5.48. The van der Waals surface area contributed by atoms with E-state index in [2.05, 4.69) is 5.32 Å². The van der Waals surface area contributed by atoms with E-state index in [4.69, 9.17) is 10.5 Å². The van der Waals surface area contributed by atoms with Crippen LogP contribution in [-0.2, 0) is 4.79 Å². The van der Waals surface area contributed by atoms with Gasteiger partial charge in [-0.15, -0.1) is 0 Å². The zero-order valence-electron chi connectivity index (χ0n) is 12.9. The minimum absolute atomic E-state index is 0.0222. The summed E-state index contributed by atoms with van der Waals surface area (Å²) in [5.74, 6) is 0.245. The van der Waals surface area contributed by atoms with Crippen LogP contribution >= 0.6 is 0 Å². The fourth-order valence-corrected chi connectivity index (χ4v) is 2.36. The van der Waals surface area contributed by atoms with Crippen molar-refractivity contribution in [1.29, 1.82) is 0 Å². The van der Waals surface area contributed by atoms with Gasteiger partial charge < -0.3 is 20.7 Å². The first-order valence-electron chi connectivity index (χ1n) is 7.70. The molecule has 0 radical (unpaired) electrons. The summed E-state index contributed by atoms with van der Waals surface area (Å²) in [7, 11) is 0. The fourth-order valence-electron chi connectivity index (χ4n) is 2.36. The van der Waals surface area contributed by atoms with Gasteiger partial charge in [-0.25, -0.2) is 0 Å². The van der Waals surface area contributed by atoms with Gasteiger partial charge in [0.05, 0.1) is 5.69 Å². The lowest BCUT2D eigenvalue weighted by atomic mass is 10.1. The first kappa shape index (κ1) is 16.1. The van der Waals surface area contributed by atoms with Crippen molar-refractivity contribution < 1.29 is 14.3 Å². The number of nitrogens with two attached hydrogens (primary N) is 1. The third-order valence-electron chi connectivity index (χ3n) is 3.62. The summed E-state index contributed by atoms with van der Waals surface area (Å²) in [6.45, 7) is 4.19. The molecular formula is C16H23N3O3. The van der Waals surface area contributed by atoms with Crippen molar-refractivity contribution in [1.82, 2.24) is 10.2 Å². The Bertz CT molecular complexity index is 539. The van der Waals surface area contributed by atoms with Crippen molar-refractivity contribution >= 4 is 17.5 Å². The third kappa shape index (κ3) is 4.13. The summed E-state index contributed by atoms with van der Waals surface area (Å²) in [5, 5.41) is 2.79. The normalized spacial score (nSPS) is 14.0. The second kappa shape index (κ2) is 7.68. The molecule has 120 valence electrons. The third-order valence-corrected chi connectivity index (χ3v) is 3.62. The number of hydrogen-bond acceptors (Lipinski definition) is 4. The Kier molecular flexibility index (Phi) is 5.63. The lowest BCUT2D eigenvalue weighted by Gasteiger charge is -2.16. The van der Waals surface area contributed by atoms with Crippen LogP contribution in [0.3, 0.4) is 0 Å². The van der Waals surface area contributed by atoms with Gasteiger partial charge in [-0.3, -0.25) is 9.59 Å². The molecule has 1 saturated heterocycles. The molecular weight excluding hydrogens is 282 g/mol. The fraction of sp³-hybridized carbons (Fsp3) is 0.500. The molecule has 1 heterocycles. The monoisotopic (exact) mass is 305 g/mol. The number of anilines is 1. The molecule has 0 atom stereocenters. The first-order chi connectivity index (χ1) is 10.6. The highest BCUT2D eigenvalue weighted by Crippen LogP contribution is 2.22. The maximum absolute atomic E-state index is 11.9. The van der Waals surface area contributed by atoms with E-state index >= 15 is 0 Å². The molecule has 1 fully saturated rings. The van der Waals surface area contributed by atoms with Crippen molar-refractivity contribution in [2.75, 3.05) is 32.0 Å². The Hall–Kier alpha value is -2.24. The van der Waals surface area contributed by atoms with Crippen molar-refractivity contribution in [3.05, 3.63) is 23.8 Å². The highest BCUT2D eigenvalue weighted by Gasteiger charge is 2.18. The van der Waals surface area contributed by atoms with Crippen LogP contribution in [0.4, 0.5) is 5.69 Å². The second-order valence-electron chi connectivity index (χ2n) is 5.39. The molecule has 0 aliphatic carbocycles. The van der Waals surface area contributed by atoms with Gasteiger partial charge in [0.2, 0.25) is 0 Å². The molecule has 1 aliphatic heterocycles. The van der Waals surface area contributed by atoms with Gasteiger partial charge in [0.15, 0.2) is 6.61 Å². The standard InChI is InChI=1S/C16H23N3O3/c1-2-7-18-16(21)12-5-6-14(13(17)10-12)22-11-15(20)19-8-3-4-9-19/h5-6,10H,2-4,7-9,11,17H2,1H3,(H,18,21). The van der Waals surface area contributed by atoms with E-state index in [1.54, 1.807) is 23.1 Å². The molecule has 1 aromatic carbocycles. The van der Waals surface area contributed by atoms with E-state index in [1.807, 2.05) is 6.92 Å². The average Bonchev–Trinajstić information content (AvgIpc) is 3.05. The highest BCUT2D eigenvalue weighted by atomic mass is 16.5. The minimum atomic E-state index is -0.159. The number of nitrogens with one attached hydrogen (secondary N) is 1. The van der Waals surface area contributed by atoms with Gasteiger partial charge in [0, 0.05) is 25.2 Å². The Labute approximate surface area is 130 Å². The highest BCUT2D eigenvalue weighted by molar-refractivity contribution is 5.95. The van der Waals surface area contributed by atoms with Crippen LogP contribution in [0.1, 0.15) is 36.5 Å². The maximum Gasteiger partial charge on any atom is 0.260 e. The number of carbonyl (C=O) groups is 2. The molecule has 0 unspecified atom stereocenters. The molecule has 3 N–H and O–H groups in total. The van der Waals surface area contributed by atoms with E-state index in [0.29, 0.717) is 23.5 Å². The number of carbonyl (C=O) groups excluding carboxylic acids is 2. The molecule has 0 aromatic heterocycles. The lowest BCUT2D eigenvalue weighted by Crippen LogP contribution is -2.32. The van der Waals surface area contributed by atoms with Crippen molar-refractivity contribution in [3.63, 3.8) is 0 Å². The van der Waals surface area contributed by atoms with E-state index in [9.17, 15) is 9.59 Å². The van der Waals surface area contributed by atoms with Crippen LogP contribution in [0.5, 0.6) is 5.75 Å². The van der Waals surface area contributed by atoms with Crippen molar-refractivity contribution in [2.45, 2.75) is 26.2 Å². The summed E-state index contributed by atoms with van der Waals surface area (Å²) >= 11 is 0. The number of ether oxygens (including phenoxy) is 1. The van der Waals surface area contributed by atoms with Gasteiger partial charge in [0.1, 0.15) is 5.75 Å². The number of rotatable bonds is 6. The quantitative estimate of drug-likeness (QED) is 0.778. The van der Waals surface area contributed by atoms with Crippen molar-refractivity contribution in [2.24, 2.45) is 0 Å². The Morgan fingerprint density at radius 3 is 2.68 bits per heavy atom. The van der Waals surface area contributed by atoms with E-state index in [-0.39, 0.29) is 18.4 Å². The number of amides is 2. The van der Waals surface area contributed by atoms with E-state index < -0.39 is 0 Å². The van der Waals surface area contributed by atoms with Crippen LogP contribution in [0, 0.1) is 0 Å². The number of nitrogen functional groups attached to an aromatic ring is 1. The molecule has 0 bridgehead atoms. The molecule has 1 aliphatic rings. The van der Waals surface area contributed by atoms with E-state index in [0.717, 1.165) is 32.4 Å². The van der Waals surface area contributed by atoms with Gasteiger partial charge in [-0.2, -0.15) is 0 Å². The predicted molar refractivity (Wildman–Crippen MR) is 84.8 cm³/mol. The molecule has 1 aromatic rings. The Morgan fingerprint density at radius 1 is 1.32 bits per heavy atom. The Morgan fingerprint density at radius 2 is 2.05 bits per heavy atom. The summed E-state index contributed by atoms with van der Waals surface area (Å²) in [5.41, 5.74) is 6.75. The molecule has 22 heavy (non-hydrogen) atoms. The van der Waals surface area contributed by atoms with Crippen LogP contribution < -0.4 is 15.8 Å². The second-order valence-corrected chi connectivity index (χ2v) is 5.39. The lowest BCUT2D eigenvalue weighted by molar-refractivity contribution is -0.132. The molecule has 6 nitrogen and oxygen atoms in total. The average molecular weight is 305 g/mol. The van der Waals surface area contributed by atoms with E-state index in [1.165, 1.54) is 0 Å². The number of likely N-dealkylation sites (tertiary alicyclic amines) is 1. The molecule has 6 heteroatoms. The number of nitrogens with zero attached hydrogens (tertiary/aromatic N) is 1. The van der Waals surface area contributed by atoms with Crippen LogP contribution in [0.25, 0.3) is 0 Å². The molecule has 0 saturated carbocycles. The zero-order valence-corrected chi connectivity index (χ0v) is 12.9. The first-order valence-corrected chi connectivity index (χ1v) is 7.70. The number of hydrogen-bond donors (Lipinski definition) is 2. The Balaban J connectivity index is 1.91. The van der Waals surface area contributed by atoms with Gasteiger partial charge >= 0.3 is 0 Å².